The zero-order valence-corrected chi connectivity index (χ0v) is 13.9. The van der Waals surface area contributed by atoms with Crippen molar-refractivity contribution in [3.63, 3.8) is 0 Å². The minimum atomic E-state index is -0.0809. The van der Waals surface area contributed by atoms with Crippen LogP contribution in [0.25, 0.3) is 0 Å². The van der Waals surface area contributed by atoms with Crippen LogP contribution in [0.2, 0.25) is 0 Å². The van der Waals surface area contributed by atoms with E-state index in [0.717, 1.165) is 25.2 Å². The Hall–Kier alpha value is -2.33. The number of rotatable bonds is 7. The molecule has 0 bridgehead atoms. The Morgan fingerprint density at radius 1 is 1.00 bits per heavy atom. The summed E-state index contributed by atoms with van der Waals surface area (Å²) in [6, 6.07) is 15.2. The first-order valence-corrected chi connectivity index (χ1v) is 8.07. The van der Waals surface area contributed by atoms with E-state index in [0.29, 0.717) is 17.8 Å². The number of nitrogen functional groups attached to an aromatic ring is 1. The Labute approximate surface area is 138 Å². The molecule has 3 N–H and O–H groups in total. The highest BCUT2D eigenvalue weighted by Crippen LogP contribution is 2.12. The Morgan fingerprint density at radius 3 is 2.22 bits per heavy atom. The van der Waals surface area contributed by atoms with Crippen LogP contribution in [-0.4, -0.2) is 23.9 Å². The number of amides is 1. The molecule has 122 valence electrons. The Morgan fingerprint density at radius 2 is 1.61 bits per heavy atom. The number of carbonyl (C=O) groups excluding carboxylic acids is 1. The topological polar surface area (TPSA) is 58.4 Å². The van der Waals surface area contributed by atoms with Gasteiger partial charge in [-0.05, 0) is 48.5 Å². The summed E-state index contributed by atoms with van der Waals surface area (Å²) in [4.78, 5) is 14.6. The first-order valence-electron chi connectivity index (χ1n) is 8.07. The second kappa shape index (κ2) is 8.34. The summed E-state index contributed by atoms with van der Waals surface area (Å²) in [5.41, 5.74) is 9.35. The Balaban J connectivity index is 2.02. The van der Waals surface area contributed by atoms with Crippen LogP contribution in [0.4, 0.5) is 5.69 Å². The van der Waals surface area contributed by atoms with E-state index in [1.165, 1.54) is 5.56 Å². The predicted molar refractivity (Wildman–Crippen MR) is 95.1 cm³/mol. The lowest BCUT2D eigenvalue weighted by atomic mass is 10.1. The fourth-order valence-corrected chi connectivity index (χ4v) is 2.48. The van der Waals surface area contributed by atoms with Gasteiger partial charge in [0, 0.05) is 24.3 Å². The molecule has 4 heteroatoms. The van der Waals surface area contributed by atoms with E-state index in [2.05, 4.69) is 36.2 Å². The van der Waals surface area contributed by atoms with Crippen molar-refractivity contribution in [1.29, 1.82) is 0 Å². The molecular weight excluding hydrogens is 286 g/mol. The second-order valence-electron chi connectivity index (χ2n) is 5.53. The van der Waals surface area contributed by atoms with Crippen molar-refractivity contribution in [3.05, 3.63) is 65.2 Å². The standard InChI is InChI=1S/C19H25N3O/c1-3-22(4-2)14-17-8-6-5-7-16(17)13-21-19(23)15-9-11-18(20)12-10-15/h5-12H,3-4,13-14,20H2,1-2H3,(H,21,23). The van der Waals surface area contributed by atoms with Crippen LogP contribution in [0.1, 0.15) is 35.3 Å². The molecule has 0 aliphatic carbocycles. The lowest BCUT2D eigenvalue weighted by Gasteiger charge is -2.20. The fraction of sp³-hybridized carbons (Fsp3) is 0.316. The van der Waals surface area contributed by atoms with Crippen molar-refractivity contribution in [3.8, 4) is 0 Å². The molecule has 0 saturated carbocycles. The minimum Gasteiger partial charge on any atom is -0.399 e. The number of benzene rings is 2. The summed E-state index contributed by atoms with van der Waals surface area (Å²) in [6.45, 7) is 7.79. The van der Waals surface area contributed by atoms with Crippen molar-refractivity contribution in [1.82, 2.24) is 10.2 Å². The maximum Gasteiger partial charge on any atom is 0.251 e. The van der Waals surface area contributed by atoms with Crippen LogP contribution in [0.5, 0.6) is 0 Å². The molecule has 0 fully saturated rings. The summed E-state index contributed by atoms with van der Waals surface area (Å²) in [6.07, 6.45) is 0. The molecule has 0 radical (unpaired) electrons. The molecule has 0 aromatic heterocycles. The minimum absolute atomic E-state index is 0.0809. The predicted octanol–water partition coefficient (Wildman–Crippen LogP) is 3.04. The van der Waals surface area contributed by atoms with Gasteiger partial charge in [-0.2, -0.15) is 0 Å². The van der Waals surface area contributed by atoms with E-state index in [4.69, 9.17) is 5.73 Å². The second-order valence-corrected chi connectivity index (χ2v) is 5.53. The molecule has 2 aromatic rings. The van der Waals surface area contributed by atoms with Gasteiger partial charge in [-0.3, -0.25) is 9.69 Å². The molecule has 0 saturated heterocycles. The van der Waals surface area contributed by atoms with Gasteiger partial charge in [0.05, 0.1) is 0 Å². The van der Waals surface area contributed by atoms with Gasteiger partial charge in [-0.1, -0.05) is 38.1 Å². The first kappa shape index (κ1) is 17.0. The number of nitrogens with zero attached hydrogens (tertiary/aromatic N) is 1. The lowest BCUT2D eigenvalue weighted by Crippen LogP contribution is -2.26. The maximum atomic E-state index is 12.2. The van der Waals surface area contributed by atoms with Crippen molar-refractivity contribution in [2.75, 3.05) is 18.8 Å². The third-order valence-electron chi connectivity index (χ3n) is 4.02. The number of nitrogens with two attached hydrogens (primary N) is 1. The molecule has 23 heavy (non-hydrogen) atoms. The van der Waals surface area contributed by atoms with Crippen LogP contribution in [0.15, 0.2) is 48.5 Å². The molecule has 0 aliphatic heterocycles. The van der Waals surface area contributed by atoms with E-state index in [1.807, 2.05) is 12.1 Å². The average Bonchev–Trinajstić information content (AvgIpc) is 2.59. The summed E-state index contributed by atoms with van der Waals surface area (Å²) < 4.78 is 0. The molecule has 0 unspecified atom stereocenters. The molecule has 0 spiro atoms. The monoisotopic (exact) mass is 311 g/mol. The largest absolute Gasteiger partial charge is 0.399 e. The highest BCUT2D eigenvalue weighted by atomic mass is 16.1. The molecule has 4 nitrogen and oxygen atoms in total. The van der Waals surface area contributed by atoms with Gasteiger partial charge in [-0.25, -0.2) is 0 Å². The number of anilines is 1. The molecule has 0 heterocycles. The van der Waals surface area contributed by atoms with E-state index in [1.54, 1.807) is 24.3 Å². The van der Waals surface area contributed by atoms with Gasteiger partial charge in [0.25, 0.3) is 5.91 Å². The van der Waals surface area contributed by atoms with Crippen molar-refractivity contribution >= 4 is 11.6 Å². The van der Waals surface area contributed by atoms with E-state index < -0.39 is 0 Å². The maximum absolute atomic E-state index is 12.2. The van der Waals surface area contributed by atoms with Crippen molar-refractivity contribution in [2.45, 2.75) is 26.9 Å². The summed E-state index contributed by atoms with van der Waals surface area (Å²) >= 11 is 0. The zero-order valence-electron chi connectivity index (χ0n) is 13.9. The number of nitrogens with one attached hydrogen (secondary N) is 1. The molecule has 0 aliphatic rings. The summed E-state index contributed by atoms with van der Waals surface area (Å²) in [5.74, 6) is -0.0809. The van der Waals surface area contributed by atoms with E-state index >= 15 is 0 Å². The number of carbonyl (C=O) groups is 1. The molecule has 2 aromatic carbocycles. The summed E-state index contributed by atoms with van der Waals surface area (Å²) in [7, 11) is 0. The van der Waals surface area contributed by atoms with Gasteiger partial charge >= 0.3 is 0 Å². The lowest BCUT2D eigenvalue weighted by molar-refractivity contribution is 0.0951. The third-order valence-corrected chi connectivity index (χ3v) is 4.02. The average molecular weight is 311 g/mol. The van der Waals surface area contributed by atoms with Gasteiger partial charge in [0.2, 0.25) is 0 Å². The van der Waals surface area contributed by atoms with Gasteiger partial charge in [0.15, 0.2) is 0 Å². The first-order chi connectivity index (χ1) is 11.1. The smallest absolute Gasteiger partial charge is 0.251 e. The van der Waals surface area contributed by atoms with E-state index in [-0.39, 0.29) is 5.91 Å². The number of hydrogen-bond donors (Lipinski definition) is 2. The molecular formula is C19H25N3O. The summed E-state index contributed by atoms with van der Waals surface area (Å²) in [5, 5.41) is 2.99. The van der Waals surface area contributed by atoms with Crippen LogP contribution >= 0.6 is 0 Å². The van der Waals surface area contributed by atoms with Crippen LogP contribution in [-0.2, 0) is 13.1 Å². The van der Waals surface area contributed by atoms with Crippen LogP contribution < -0.4 is 11.1 Å². The van der Waals surface area contributed by atoms with Gasteiger partial charge in [0.1, 0.15) is 0 Å². The quantitative estimate of drug-likeness (QED) is 0.773. The Kier molecular flexibility index (Phi) is 6.18. The normalized spacial score (nSPS) is 10.7. The Bertz CT molecular complexity index is 633. The molecule has 1 amide bonds. The fourth-order valence-electron chi connectivity index (χ4n) is 2.48. The van der Waals surface area contributed by atoms with Crippen molar-refractivity contribution < 1.29 is 4.79 Å². The molecule has 0 atom stereocenters. The van der Waals surface area contributed by atoms with Gasteiger partial charge in [-0.15, -0.1) is 0 Å². The molecule has 2 rings (SSSR count). The van der Waals surface area contributed by atoms with Crippen LogP contribution in [0, 0.1) is 0 Å². The zero-order chi connectivity index (χ0) is 16.7. The van der Waals surface area contributed by atoms with Gasteiger partial charge < -0.3 is 11.1 Å². The third kappa shape index (κ3) is 4.83. The van der Waals surface area contributed by atoms with E-state index in [9.17, 15) is 4.79 Å². The van der Waals surface area contributed by atoms with Crippen molar-refractivity contribution in [2.24, 2.45) is 0 Å². The highest BCUT2D eigenvalue weighted by Gasteiger charge is 2.09. The van der Waals surface area contributed by atoms with Crippen LogP contribution in [0.3, 0.4) is 0 Å². The highest BCUT2D eigenvalue weighted by molar-refractivity contribution is 5.94. The number of hydrogen-bond acceptors (Lipinski definition) is 3. The SMILES string of the molecule is CCN(CC)Cc1ccccc1CNC(=O)c1ccc(N)cc1.